The molecule has 0 spiro atoms. The maximum absolute atomic E-state index is 11.4. The van der Waals surface area contributed by atoms with Crippen LogP contribution in [0, 0.1) is 0 Å². The lowest BCUT2D eigenvalue weighted by atomic mass is 10.1. The van der Waals surface area contributed by atoms with Gasteiger partial charge in [0.05, 0.1) is 12.6 Å². The van der Waals surface area contributed by atoms with Crippen LogP contribution in [0.4, 0.5) is 0 Å². The highest BCUT2D eigenvalue weighted by atomic mass is 16.2. The minimum Gasteiger partial charge on any atom is -0.347 e. The highest BCUT2D eigenvalue weighted by Crippen LogP contribution is 1.97. The number of hydrogen-bond acceptors (Lipinski definition) is 3. The molecule has 0 heterocycles. The molecule has 0 fully saturated rings. The predicted octanol–water partition coefficient (Wildman–Crippen LogP) is -0.292. The zero-order valence-electron chi connectivity index (χ0n) is 9.75. The Morgan fingerprint density at radius 3 is 2.47 bits per heavy atom. The van der Waals surface area contributed by atoms with Crippen LogP contribution in [0.3, 0.4) is 0 Å². The van der Waals surface area contributed by atoms with Crippen molar-refractivity contribution in [1.29, 1.82) is 0 Å². The summed E-state index contributed by atoms with van der Waals surface area (Å²) in [5.74, 6) is -0.385. The standard InChI is InChI=1S/C10H21N3O2/c1-4-5-6-8(11)10(15)12-7-9(14)13(2)3/h8H,4-7,11H2,1-3H3,(H,12,15). The smallest absolute Gasteiger partial charge is 0.241 e. The number of nitrogens with zero attached hydrogens (tertiary/aromatic N) is 1. The van der Waals surface area contributed by atoms with Crippen molar-refractivity contribution in [3.8, 4) is 0 Å². The van der Waals surface area contributed by atoms with E-state index in [1.807, 2.05) is 6.92 Å². The van der Waals surface area contributed by atoms with Gasteiger partial charge in [-0.1, -0.05) is 19.8 Å². The van der Waals surface area contributed by atoms with Gasteiger partial charge in [-0.25, -0.2) is 0 Å². The van der Waals surface area contributed by atoms with Crippen LogP contribution in [0.25, 0.3) is 0 Å². The van der Waals surface area contributed by atoms with Crippen LogP contribution in [-0.4, -0.2) is 43.4 Å². The molecule has 0 radical (unpaired) electrons. The van der Waals surface area contributed by atoms with Crippen LogP contribution in [0.1, 0.15) is 26.2 Å². The average molecular weight is 215 g/mol. The van der Waals surface area contributed by atoms with Crippen molar-refractivity contribution < 1.29 is 9.59 Å². The summed E-state index contributed by atoms with van der Waals surface area (Å²) in [4.78, 5) is 24.0. The monoisotopic (exact) mass is 215 g/mol. The van der Waals surface area contributed by atoms with E-state index < -0.39 is 6.04 Å². The maximum atomic E-state index is 11.4. The molecule has 0 aromatic rings. The molecule has 1 unspecified atom stereocenters. The molecule has 3 N–H and O–H groups in total. The van der Waals surface area contributed by atoms with Gasteiger partial charge in [-0.15, -0.1) is 0 Å². The SMILES string of the molecule is CCCCC(N)C(=O)NCC(=O)N(C)C. The van der Waals surface area contributed by atoms with E-state index in [2.05, 4.69) is 5.32 Å². The summed E-state index contributed by atoms with van der Waals surface area (Å²) in [5, 5.41) is 2.52. The lowest BCUT2D eigenvalue weighted by Gasteiger charge is -2.13. The Morgan fingerprint density at radius 2 is 2.00 bits per heavy atom. The van der Waals surface area contributed by atoms with Gasteiger partial charge in [-0.05, 0) is 6.42 Å². The van der Waals surface area contributed by atoms with Gasteiger partial charge >= 0.3 is 0 Å². The van der Waals surface area contributed by atoms with Gasteiger partial charge < -0.3 is 16.0 Å². The van der Waals surface area contributed by atoms with Gasteiger partial charge in [-0.3, -0.25) is 9.59 Å². The number of carbonyl (C=O) groups excluding carboxylic acids is 2. The minimum absolute atomic E-state index is 0.0195. The fourth-order valence-electron chi connectivity index (χ4n) is 1.01. The average Bonchev–Trinajstić information content (AvgIpc) is 2.21. The minimum atomic E-state index is -0.500. The number of unbranched alkanes of at least 4 members (excludes halogenated alkanes) is 1. The van der Waals surface area contributed by atoms with E-state index in [-0.39, 0.29) is 18.4 Å². The lowest BCUT2D eigenvalue weighted by Crippen LogP contribution is -2.44. The summed E-state index contributed by atoms with van der Waals surface area (Å²) in [6, 6.07) is -0.500. The van der Waals surface area contributed by atoms with Crippen LogP contribution in [0.5, 0.6) is 0 Å². The first-order chi connectivity index (χ1) is 6.99. The second kappa shape index (κ2) is 7.23. The van der Waals surface area contributed by atoms with Crippen LogP contribution in [-0.2, 0) is 9.59 Å². The van der Waals surface area contributed by atoms with E-state index in [9.17, 15) is 9.59 Å². The van der Waals surface area contributed by atoms with Crippen LogP contribution < -0.4 is 11.1 Å². The molecular formula is C10H21N3O2. The Labute approximate surface area is 91.0 Å². The van der Waals surface area contributed by atoms with Crippen molar-refractivity contribution >= 4 is 11.8 Å². The van der Waals surface area contributed by atoms with Gasteiger partial charge in [0.2, 0.25) is 11.8 Å². The first-order valence-corrected chi connectivity index (χ1v) is 5.22. The van der Waals surface area contributed by atoms with E-state index in [1.165, 1.54) is 4.90 Å². The number of nitrogens with one attached hydrogen (secondary N) is 1. The first kappa shape index (κ1) is 13.9. The lowest BCUT2D eigenvalue weighted by molar-refractivity contribution is -0.131. The zero-order chi connectivity index (χ0) is 11.8. The van der Waals surface area contributed by atoms with Gasteiger partial charge in [0.15, 0.2) is 0 Å². The van der Waals surface area contributed by atoms with E-state index in [0.29, 0.717) is 6.42 Å². The molecular weight excluding hydrogens is 194 g/mol. The number of rotatable bonds is 6. The molecule has 2 amide bonds. The summed E-state index contributed by atoms with van der Waals surface area (Å²) in [6.07, 6.45) is 2.60. The normalized spacial score (nSPS) is 12.0. The number of carbonyl (C=O) groups is 2. The summed E-state index contributed by atoms with van der Waals surface area (Å²) >= 11 is 0. The number of amides is 2. The van der Waals surface area contributed by atoms with Gasteiger partial charge in [0, 0.05) is 14.1 Å². The molecule has 0 saturated heterocycles. The topological polar surface area (TPSA) is 75.4 Å². The Balaban J connectivity index is 3.78. The number of hydrogen-bond donors (Lipinski definition) is 2. The molecule has 0 aromatic heterocycles. The molecule has 1 atom stereocenters. The van der Waals surface area contributed by atoms with E-state index in [0.717, 1.165) is 12.8 Å². The predicted molar refractivity (Wildman–Crippen MR) is 59.2 cm³/mol. The second-order valence-corrected chi connectivity index (χ2v) is 3.75. The summed E-state index contributed by atoms with van der Waals surface area (Å²) in [6.45, 7) is 2.06. The molecule has 0 saturated carbocycles. The van der Waals surface area contributed by atoms with Crippen molar-refractivity contribution in [2.24, 2.45) is 5.73 Å². The Morgan fingerprint density at radius 1 is 1.40 bits per heavy atom. The molecule has 0 aromatic carbocycles. The Hall–Kier alpha value is -1.10. The maximum Gasteiger partial charge on any atom is 0.241 e. The fraction of sp³-hybridized carbons (Fsp3) is 0.800. The Kier molecular flexibility index (Phi) is 6.70. The molecule has 5 nitrogen and oxygen atoms in total. The third-order valence-corrected chi connectivity index (χ3v) is 2.12. The van der Waals surface area contributed by atoms with E-state index >= 15 is 0 Å². The fourth-order valence-corrected chi connectivity index (χ4v) is 1.01. The van der Waals surface area contributed by atoms with Crippen molar-refractivity contribution in [3.05, 3.63) is 0 Å². The third kappa shape index (κ3) is 6.06. The van der Waals surface area contributed by atoms with Crippen LogP contribution in [0.2, 0.25) is 0 Å². The number of nitrogens with two attached hydrogens (primary N) is 1. The summed E-state index contributed by atoms with van der Waals surface area (Å²) in [5.41, 5.74) is 5.63. The Bertz CT molecular complexity index is 217. The highest BCUT2D eigenvalue weighted by Gasteiger charge is 2.13. The molecule has 0 aliphatic carbocycles. The molecule has 0 rings (SSSR count). The molecule has 15 heavy (non-hydrogen) atoms. The molecule has 5 heteroatoms. The molecule has 0 aliphatic rings. The van der Waals surface area contributed by atoms with Crippen LogP contribution >= 0.6 is 0 Å². The van der Waals surface area contributed by atoms with E-state index in [4.69, 9.17) is 5.73 Å². The molecule has 88 valence electrons. The zero-order valence-corrected chi connectivity index (χ0v) is 9.75. The van der Waals surface area contributed by atoms with Crippen molar-refractivity contribution in [1.82, 2.24) is 10.2 Å². The van der Waals surface area contributed by atoms with Crippen molar-refractivity contribution in [2.75, 3.05) is 20.6 Å². The van der Waals surface area contributed by atoms with Crippen molar-refractivity contribution in [3.63, 3.8) is 0 Å². The number of likely N-dealkylation sites (N-methyl/N-ethyl adjacent to an activating group) is 1. The van der Waals surface area contributed by atoms with Crippen LogP contribution in [0.15, 0.2) is 0 Å². The van der Waals surface area contributed by atoms with Gasteiger partial charge in [-0.2, -0.15) is 0 Å². The first-order valence-electron chi connectivity index (χ1n) is 5.22. The summed E-state index contributed by atoms with van der Waals surface area (Å²) < 4.78 is 0. The summed E-state index contributed by atoms with van der Waals surface area (Å²) in [7, 11) is 3.29. The molecule has 0 aliphatic heterocycles. The largest absolute Gasteiger partial charge is 0.347 e. The van der Waals surface area contributed by atoms with Crippen molar-refractivity contribution in [2.45, 2.75) is 32.2 Å². The van der Waals surface area contributed by atoms with Gasteiger partial charge in [0.1, 0.15) is 0 Å². The highest BCUT2D eigenvalue weighted by molar-refractivity contribution is 5.87. The quantitative estimate of drug-likeness (QED) is 0.639. The van der Waals surface area contributed by atoms with Gasteiger partial charge in [0.25, 0.3) is 0 Å². The second-order valence-electron chi connectivity index (χ2n) is 3.75. The van der Waals surface area contributed by atoms with E-state index in [1.54, 1.807) is 14.1 Å². The molecule has 0 bridgehead atoms. The third-order valence-electron chi connectivity index (χ3n) is 2.12.